The van der Waals surface area contributed by atoms with E-state index in [0.717, 1.165) is 5.69 Å². The van der Waals surface area contributed by atoms with Crippen LogP contribution in [0.15, 0.2) is 30.3 Å². The van der Waals surface area contributed by atoms with Crippen LogP contribution in [-0.4, -0.2) is 39.3 Å². The summed E-state index contributed by atoms with van der Waals surface area (Å²) in [7, 11) is 0. The lowest BCUT2D eigenvalue weighted by Gasteiger charge is -2.06. The van der Waals surface area contributed by atoms with Crippen molar-refractivity contribution in [2.45, 2.75) is 6.92 Å². The zero-order chi connectivity index (χ0) is 12.8. The monoisotopic (exact) mass is 247 g/mol. The second kappa shape index (κ2) is 5.76. The van der Waals surface area contributed by atoms with Crippen molar-refractivity contribution < 1.29 is 9.53 Å². The van der Waals surface area contributed by atoms with E-state index in [1.165, 1.54) is 4.68 Å². The van der Waals surface area contributed by atoms with E-state index in [4.69, 9.17) is 4.74 Å². The molecule has 0 saturated carbocycles. The highest BCUT2D eigenvalue weighted by atomic mass is 16.5. The highest BCUT2D eigenvalue weighted by Crippen LogP contribution is 2.09. The van der Waals surface area contributed by atoms with E-state index in [-0.39, 0.29) is 12.5 Å². The van der Waals surface area contributed by atoms with E-state index in [2.05, 4.69) is 20.8 Å². The summed E-state index contributed by atoms with van der Waals surface area (Å²) in [5.74, 6) is 0.0503. The van der Waals surface area contributed by atoms with Crippen molar-refractivity contribution in [1.29, 1.82) is 0 Å². The number of esters is 1. The van der Waals surface area contributed by atoms with E-state index < -0.39 is 0 Å². The van der Waals surface area contributed by atoms with E-state index in [1.807, 2.05) is 30.3 Å². The molecule has 1 aromatic carbocycles. The zero-order valence-electron chi connectivity index (χ0n) is 9.91. The van der Waals surface area contributed by atoms with Crippen LogP contribution in [0, 0.1) is 0 Å². The summed E-state index contributed by atoms with van der Waals surface area (Å²) in [4.78, 5) is 11.2. The maximum absolute atomic E-state index is 11.2. The maximum atomic E-state index is 11.2. The molecule has 0 unspecified atom stereocenters. The van der Waals surface area contributed by atoms with Crippen molar-refractivity contribution in [3.8, 4) is 5.69 Å². The van der Waals surface area contributed by atoms with Gasteiger partial charge in [-0.15, -0.1) is 0 Å². The van der Waals surface area contributed by atoms with Crippen LogP contribution in [0.2, 0.25) is 0 Å². The Balaban J connectivity index is 2.07. The summed E-state index contributed by atoms with van der Waals surface area (Å²) in [6.45, 7) is 2.14. The van der Waals surface area contributed by atoms with Crippen molar-refractivity contribution in [3.63, 3.8) is 0 Å². The van der Waals surface area contributed by atoms with Crippen molar-refractivity contribution >= 4 is 11.9 Å². The number of ether oxygens (including phenoxy) is 1. The van der Waals surface area contributed by atoms with Crippen LogP contribution in [0.1, 0.15) is 6.92 Å². The Morgan fingerprint density at radius 1 is 1.39 bits per heavy atom. The number of tetrazole rings is 1. The standard InChI is InChI=1S/C11H13N5O2/c1-2-18-10(17)8-12-11-13-14-15-16(11)9-6-4-3-5-7-9/h3-7H,2,8H2,1H3,(H,12,13,15). The van der Waals surface area contributed by atoms with Crippen LogP contribution in [0.4, 0.5) is 5.95 Å². The average Bonchev–Trinajstić information content (AvgIpc) is 2.86. The molecule has 7 heteroatoms. The number of nitrogens with one attached hydrogen (secondary N) is 1. The van der Waals surface area contributed by atoms with Crippen LogP contribution in [0.5, 0.6) is 0 Å². The van der Waals surface area contributed by atoms with Gasteiger partial charge < -0.3 is 10.1 Å². The Bertz CT molecular complexity index is 511. The summed E-state index contributed by atoms with van der Waals surface area (Å²) in [6, 6.07) is 9.40. The van der Waals surface area contributed by atoms with Crippen molar-refractivity contribution in [2.24, 2.45) is 0 Å². The molecule has 1 heterocycles. The highest BCUT2D eigenvalue weighted by molar-refractivity contribution is 5.74. The molecule has 1 aromatic heterocycles. The van der Waals surface area contributed by atoms with Gasteiger partial charge in [-0.25, -0.2) is 0 Å². The number of benzene rings is 1. The van der Waals surface area contributed by atoms with E-state index >= 15 is 0 Å². The largest absolute Gasteiger partial charge is 0.465 e. The number of aromatic nitrogens is 4. The van der Waals surface area contributed by atoms with E-state index in [0.29, 0.717) is 12.6 Å². The molecule has 0 atom stereocenters. The first-order chi connectivity index (χ1) is 8.81. The smallest absolute Gasteiger partial charge is 0.325 e. The van der Waals surface area contributed by atoms with Gasteiger partial charge in [-0.1, -0.05) is 23.3 Å². The topological polar surface area (TPSA) is 81.9 Å². The minimum Gasteiger partial charge on any atom is -0.465 e. The fourth-order valence-corrected chi connectivity index (χ4v) is 1.40. The lowest BCUT2D eigenvalue weighted by molar-refractivity contribution is -0.140. The molecule has 0 fully saturated rings. The zero-order valence-corrected chi connectivity index (χ0v) is 9.91. The quantitative estimate of drug-likeness (QED) is 0.781. The first-order valence-electron chi connectivity index (χ1n) is 5.54. The summed E-state index contributed by atoms with van der Waals surface area (Å²) in [5.41, 5.74) is 0.814. The van der Waals surface area contributed by atoms with Gasteiger partial charge in [0.2, 0.25) is 5.95 Å². The number of hydrogen-bond acceptors (Lipinski definition) is 6. The van der Waals surface area contributed by atoms with Gasteiger partial charge in [-0.2, -0.15) is 4.68 Å². The Hall–Kier alpha value is -2.44. The van der Waals surface area contributed by atoms with Gasteiger partial charge in [-0.05, 0) is 29.5 Å². The minimum atomic E-state index is -0.347. The number of anilines is 1. The molecule has 0 bridgehead atoms. The molecule has 2 rings (SSSR count). The molecule has 0 spiro atoms. The Kier molecular flexibility index (Phi) is 3.85. The summed E-state index contributed by atoms with van der Waals surface area (Å²) < 4.78 is 6.32. The maximum Gasteiger partial charge on any atom is 0.325 e. The van der Waals surface area contributed by atoms with E-state index in [9.17, 15) is 4.79 Å². The third-order valence-electron chi connectivity index (χ3n) is 2.17. The lowest BCUT2D eigenvalue weighted by Crippen LogP contribution is -2.19. The molecule has 0 aliphatic carbocycles. The molecule has 1 N–H and O–H groups in total. The molecule has 94 valence electrons. The number of rotatable bonds is 5. The Morgan fingerprint density at radius 3 is 2.89 bits per heavy atom. The van der Waals surface area contributed by atoms with Crippen LogP contribution >= 0.6 is 0 Å². The van der Waals surface area contributed by atoms with Crippen molar-refractivity contribution in [3.05, 3.63) is 30.3 Å². The minimum absolute atomic E-state index is 0.0288. The molecule has 18 heavy (non-hydrogen) atoms. The van der Waals surface area contributed by atoms with Crippen LogP contribution < -0.4 is 5.32 Å². The van der Waals surface area contributed by atoms with Gasteiger partial charge in [0.25, 0.3) is 0 Å². The predicted molar refractivity (Wildman–Crippen MR) is 64.3 cm³/mol. The third-order valence-corrected chi connectivity index (χ3v) is 2.17. The summed E-state index contributed by atoms with van der Waals surface area (Å²) in [6.07, 6.45) is 0. The number of carbonyl (C=O) groups excluding carboxylic acids is 1. The van der Waals surface area contributed by atoms with E-state index in [1.54, 1.807) is 6.92 Å². The predicted octanol–water partition coefficient (Wildman–Crippen LogP) is 0.637. The number of carbonyl (C=O) groups is 1. The van der Waals surface area contributed by atoms with Crippen LogP contribution in [0.25, 0.3) is 5.69 Å². The average molecular weight is 247 g/mol. The fourth-order valence-electron chi connectivity index (χ4n) is 1.40. The van der Waals surface area contributed by atoms with Gasteiger partial charge in [0.15, 0.2) is 0 Å². The molecule has 0 aliphatic heterocycles. The first-order valence-corrected chi connectivity index (χ1v) is 5.54. The van der Waals surface area contributed by atoms with Gasteiger partial charge in [0, 0.05) is 0 Å². The molecule has 7 nitrogen and oxygen atoms in total. The van der Waals surface area contributed by atoms with Gasteiger partial charge >= 0.3 is 5.97 Å². The SMILES string of the molecule is CCOC(=O)CNc1nnnn1-c1ccccc1. The normalized spacial score (nSPS) is 10.1. The molecule has 0 radical (unpaired) electrons. The Morgan fingerprint density at radius 2 is 2.17 bits per heavy atom. The second-order valence-electron chi connectivity index (χ2n) is 3.41. The third kappa shape index (κ3) is 2.82. The second-order valence-corrected chi connectivity index (χ2v) is 3.41. The molecular weight excluding hydrogens is 234 g/mol. The van der Waals surface area contributed by atoms with Crippen LogP contribution in [0.3, 0.4) is 0 Å². The fraction of sp³-hybridized carbons (Fsp3) is 0.273. The molecule has 0 aliphatic rings. The summed E-state index contributed by atoms with van der Waals surface area (Å²) in [5, 5.41) is 14.1. The van der Waals surface area contributed by atoms with Crippen molar-refractivity contribution in [2.75, 3.05) is 18.5 Å². The first kappa shape index (κ1) is 12.0. The van der Waals surface area contributed by atoms with Gasteiger partial charge in [-0.3, -0.25) is 4.79 Å². The molecule has 0 amide bonds. The summed E-state index contributed by atoms with van der Waals surface area (Å²) >= 11 is 0. The van der Waals surface area contributed by atoms with Gasteiger partial charge in [0.1, 0.15) is 6.54 Å². The Labute approximate surface area is 104 Å². The molecular formula is C11H13N5O2. The number of nitrogens with zero attached hydrogens (tertiary/aromatic N) is 4. The number of hydrogen-bond donors (Lipinski definition) is 1. The van der Waals surface area contributed by atoms with Crippen LogP contribution in [-0.2, 0) is 9.53 Å². The van der Waals surface area contributed by atoms with Gasteiger partial charge in [0.05, 0.1) is 12.3 Å². The molecule has 2 aromatic rings. The number of para-hydroxylation sites is 1. The lowest BCUT2D eigenvalue weighted by atomic mass is 10.3. The highest BCUT2D eigenvalue weighted by Gasteiger charge is 2.09. The van der Waals surface area contributed by atoms with Crippen molar-refractivity contribution in [1.82, 2.24) is 20.2 Å². The molecule has 0 saturated heterocycles.